The summed E-state index contributed by atoms with van der Waals surface area (Å²) < 4.78 is 13.5. The Kier molecular flexibility index (Phi) is 22.0. The van der Waals surface area contributed by atoms with Gasteiger partial charge in [0.1, 0.15) is 0 Å². The number of ether oxygens (including phenoxy) is 2. The van der Waals surface area contributed by atoms with Crippen molar-refractivity contribution < 1.29 is 9.47 Å². The molecular weight excluding hydrogens is 829 g/mol. The van der Waals surface area contributed by atoms with Gasteiger partial charge in [-0.25, -0.2) is 0 Å². The molecule has 0 heterocycles. The van der Waals surface area contributed by atoms with Gasteiger partial charge in [0.25, 0.3) is 0 Å². The molecule has 0 N–H and O–H groups in total. The quantitative estimate of drug-likeness (QED) is 0.101. The van der Waals surface area contributed by atoms with Crippen molar-refractivity contribution in [2.24, 2.45) is 58.2 Å². The molecule has 7 aliphatic rings. The fraction of sp³-hybridized carbons (Fsp3) is 1.00. The average Bonchev–Trinajstić information content (AvgIpc) is 3.32. The molecule has 7 saturated carbocycles. The number of hydrogen-bond donors (Lipinski definition) is 0. The van der Waals surface area contributed by atoms with E-state index < -0.39 is 0 Å². The molecule has 0 bridgehead atoms. The third kappa shape index (κ3) is 15.0. The van der Waals surface area contributed by atoms with E-state index in [1.165, 1.54) is 218 Å². The van der Waals surface area contributed by atoms with Gasteiger partial charge in [0.05, 0.1) is 12.2 Å². The van der Waals surface area contributed by atoms with Crippen molar-refractivity contribution in [3.8, 4) is 0 Å². The molecule has 0 aromatic heterocycles. The van der Waals surface area contributed by atoms with Crippen LogP contribution in [0.1, 0.15) is 288 Å². The summed E-state index contributed by atoms with van der Waals surface area (Å²) in [5.41, 5.74) is 0.769. The van der Waals surface area contributed by atoms with Gasteiger partial charge >= 0.3 is 0 Å². The van der Waals surface area contributed by atoms with E-state index in [2.05, 4.69) is 79.0 Å². The summed E-state index contributed by atoms with van der Waals surface area (Å²) in [5, 5.41) is 0. The first-order chi connectivity index (χ1) is 32.8. The minimum atomic E-state index is 0.384. The van der Waals surface area contributed by atoms with Crippen LogP contribution in [0.25, 0.3) is 0 Å². The predicted octanol–water partition coefficient (Wildman–Crippen LogP) is 18.0. The SMILES string of the molecule is CCCCCCCCOC1CCC(N(C2CCC(C)CC2)C2C3CCC(C(C)(C)C)CC3C(N(C3CCC(C)CC3)C3CCC(OCCCCCCCC)CC3)C3CCC(C(C)(C)C)CC32)CC1. The average molecular weight is 948 g/mol. The van der Waals surface area contributed by atoms with Gasteiger partial charge in [-0.2, -0.15) is 0 Å². The number of unbranched alkanes of at least 4 members (excludes halogenated alkanes) is 10. The normalized spacial score (nSPS) is 38.6. The van der Waals surface area contributed by atoms with Gasteiger partial charge in [0, 0.05) is 49.5 Å². The van der Waals surface area contributed by atoms with E-state index in [0.29, 0.717) is 23.0 Å². The highest BCUT2D eigenvalue weighted by Crippen LogP contribution is 2.60. The maximum atomic E-state index is 6.77. The molecule has 4 heteroatoms. The fourth-order valence-corrected chi connectivity index (χ4v) is 17.1. The first kappa shape index (κ1) is 55.6. The zero-order valence-electron chi connectivity index (χ0n) is 47.4. The highest BCUT2D eigenvalue weighted by molar-refractivity contribution is 5.12. The molecule has 0 aliphatic heterocycles. The standard InChI is InChI=1S/C64H118N2O2/c1-11-13-15-17-19-21-43-67-55-37-33-53(34-38-55)65(51-29-23-47(3)24-30-51)61-57-41-27-50(64(8,9)10)46-60(57)62(58-42-28-49(45-59(58)61)63(5,6)7)66(52-31-25-48(4)26-32-52)54-35-39-56(40-36-54)68-44-22-20-18-16-14-12-2/h47-62H,11-46H2,1-10H3. The second-order valence-electron chi connectivity index (χ2n) is 28.2. The Morgan fingerprint density at radius 1 is 0.353 bits per heavy atom. The third-order valence-corrected chi connectivity index (χ3v) is 21.5. The molecule has 0 radical (unpaired) electrons. The Hall–Kier alpha value is -0.160. The maximum Gasteiger partial charge on any atom is 0.0576 e. The Morgan fingerprint density at radius 2 is 0.662 bits per heavy atom. The second-order valence-corrected chi connectivity index (χ2v) is 28.2. The highest BCUT2D eigenvalue weighted by Gasteiger charge is 2.60. The fourth-order valence-electron chi connectivity index (χ4n) is 17.1. The maximum absolute atomic E-state index is 6.77. The Labute approximate surface area is 424 Å². The zero-order valence-corrected chi connectivity index (χ0v) is 47.4. The molecule has 4 nitrogen and oxygen atoms in total. The lowest BCUT2D eigenvalue weighted by molar-refractivity contribution is -0.168. The summed E-state index contributed by atoms with van der Waals surface area (Å²) in [7, 11) is 0. The predicted molar refractivity (Wildman–Crippen MR) is 292 cm³/mol. The first-order valence-electron chi connectivity index (χ1n) is 31.5. The van der Waals surface area contributed by atoms with Crippen molar-refractivity contribution in [2.45, 2.75) is 336 Å². The van der Waals surface area contributed by atoms with Crippen molar-refractivity contribution in [3.05, 3.63) is 0 Å². The summed E-state index contributed by atoms with van der Waals surface area (Å²) in [6.45, 7) is 27.6. The van der Waals surface area contributed by atoms with E-state index in [1.807, 2.05) is 0 Å². The number of hydrogen-bond acceptors (Lipinski definition) is 4. The van der Waals surface area contributed by atoms with Gasteiger partial charge < -0.3 is 9.47 Å². The van der Waals surface area contributed by atoms with Gasteiger partial charge in [-0.1, -0.05) is 133 Å². The molecule has 7 rings (SSSR count). The molecule has 0 amide bonds. The summed E-state index contributed by atoms with van der Waals surface area (Å²) >= 11 is 0. The molecule has 396 valence electrons. The van der Waals surface area contributed by atoms with E-state index in [0.717, 1.165) is 96.8 Å². The zero-order chi connectivity index (χ0) is 48.3. The van der Waals surface area contributed by atoms with Crippen LogP contribution in [0, 0.1) is 58.2 Å². The lowest BCUT2D eigenvalue weighted by atomic mass is 9.49. The number of rotatable bonds is 22. The molecular formula is C64H118N2O2. The first-order valence-corrected chi connectivity index (χ1v) is 31.5. The van der Waals surface area contributed by atoms with Crippen molar-refractivity contribution in [2.75, 3.05) is 13.2 Å². The van der Waals surface area contributed by atoms with Gasteiger partial charge in [-0.05, 0) is 212 Å². The van der Waals surface area contributed by atoms with Crippen molar-refractivity contribution >= 4 is 0 Å². The summed E-state index contributed by atoms with van der Waals surface area (Å²) in [6.07, 6.45) is 48.5. The van der Waals surface area contributed by atoms with Crippen LogP contribution >= 0.6 is 0 Å². The van der Waals surface area contributed by atoms with Gasteiger partial charge in [-0.15, -0.1) is 0 Å². The Bertz CT molecular complexity index is 1260. The van der Waals surface area contributed by atoms with Crippen LogP contribution in [0.15, 0.2) is 0 Å². The molecule has 0 aromatic rings. The van der Waals surface area contributed by atoms with Gasteiger partial charge in [0.2, 0.25) is 0 Å². The number of nitrogens with zero attached hydrogens (tertiary/aromatic N) is 2. The molecule has 8 unspecified atom stereocenters. The minimum absolute atomic E-state index is 0.384. The minimum Gasteiger partial charge on any atom is -0.378 e. The van der Waals surface area contributed by atoms with E-state index in [-0.39, 0.29) is 0 Å². The van der Waals surface area contributed by atoms with Crippen LogP contribution in [0.3, 0.4) is 0 Å². The van der Waals surface area contributed by atoms with Gasteiger partial charge in [-0.3, -0.25) is 9.80 Å². The van der Waals surface area contributed by atoms with E-state index in [1.54, 1.807) is 0 Å². The Morgan fingerprint density at radius 3 is 0.985 bits per heavy atom. The van der Waals surface area contributed by atoms with E-state index >= 15 is 0 Å². The van der Waals surface area contributed by atoms with Crippen LogP contribution < -0.4 is 0 Å². The van der Waals surface area contributed by atoms with Crippen molar-refractivity contribution in [3.63, 3.8) is 0 Å². The lowest BCUT2D eigenvalue weighted by Gasteiger charge is -2.66. The van der Waals surface area contributed by atoms with Crippen molar-refractivity contribution in [1.29, 1.82) is 0 Å². The topological polar surface area (TPSA) is 24.9 Å². The molecule has 0 spiro atoms. The summed E-state index contributed by atoms with van der Waals surface area (Å²) in [4.78, 5) is 6.95. The molecule has 7 fully saturated rings. The Balaban J connectivity index is 1.19. The van der Waals surface area contributed by atoms with Crippen LogP contribution in [0.4, 0.5) is 0 Å². The largest absolute Gasteiger partial charge is 0.378 e. The smallest absolute Gasteiger partial charge is 0.0576 e. The van der Waals surface area contributed by atoms with E-state index in [4.69, 9.17) is 9.47 Å². The molecule has 0 aromatic carbocycles. The van der Waals surface area contributed by atoms with Crippen molar-refractivity contribution in [1.82, 2.24) is 9.80 Å². The molecule has 0 saturated heterocycles. The summed E-state index contributed by atoms with van der Waals surface area (Å²) in [5.74, 6) is 6.87. The summed E-state index contributed by atoms with van der Waals surface area (Å²) in [6, 6.07) is 4.63. The highest BCUT2D eigenvalue weighted by atomic mass is 16.5. The van der Waals surface area contributed by atoms with E-state index in [9.17, 15) is 0 Å². The molecule has 68 heavy (non-hydrogen) atoms. The van der Waals surface area contributed by atoms with Gasteiger partial charge in [0.15, 0.2) is 0 Å². The van der Waals surface area contributed by atoms with Crippen LogP contribution in [0.5, 0.6) is 0 Å². The van der Waals surface area contributed by atoms with Crippen LogP contribution in [-0.4, -0.2) is 71.5 Å². The third-order valence-electron chi connectivity index (χ3n) is 21.5. The second kappa shape index (κ2) is 26.9. The monoisotopic (exact) mass is 947 g/mol. The number of fused-ring (bicyclic) bond motifs is 2. The van der Waals surface area contributed by atoms with Crippen LogP contribution in [-0.2, 0) is 9.47 Å². The molecule has 8 atom stereocenters. The lowest BCUT2D eigenvalue weighted by Crippen LogP contribution is -2.70. The molecule has 7 aliphatic carbocycles. The van der Waals surface area contributed by atoms with Crippen LogP contribution in [0.2, 0.25) is 0 Å².